The average molecular weight is 347 g/mol. The van der Waals surface area contributed by atoms with Gasteiger partial charge in [0.05, 0.1) is 0 Å². The Morgan fingerprint density at radius 3 is 1.55 bits per heavy atom. The zero-order valence-corrected chi connectivity index (χ0v) is 14.9. The fourth-order valence-electron chi connectivity index (χ4n) is 3.70. The van der Waals surface area contributed by atoms with Gasteiger partial charge in [-0.2, -0.15) is 0 Å². The quantitative estimate of drug-likeness (QED) is 0.577. The van der Waals surface area contributed by atoms with Gasteiger partial charge in [0, 0.05) is 11.9 Å². The van der Waals surface area contributed by atoms with Crippen molar-refractivity contribution in [2.24, 2.45) is 11.8 Å². The van der Waals surface area contributed by atoms with Gasteiger partial charge in [0.1, 0.15) is 0 Å². The Hall–Kier alpha value is 0.440. The third-order valence-electron chi connectivity index (χ3n) is 4.97. The first-order valence-corrected chi connectivity index (χ1v) is 10.2. The Morgan fingerprint density at radius 2 is 1.15 bits per heavy atom. The first kappa shape index (κ1) is 18.5. The molecular formula is C18H35BrO. The van der Waals surface area contributed by atoms with Crippen molar-refractivity contribution in [1.82, 2.24) is 0 Å². The average Bonchev–Trinajstić information content (AvgIpc) is 2.53. The van der Waals surface area contributed by atoms with Gasteiger partial charge >= 0.3 is 0 Å². The van der Waals surface area contributed by atoms with E-state index in [4.69, 9.17) is 5.11 Å². The highest BCUT2D eigenvalue weighted by molar-refractivity contribution is 9.09. The van der Waals surface area contributed by atoms with Crippen LogP contribution in [0, 0.1) is 11.8 Å². The Balaban J connectivity index is 0.000000200. The van der Waals surface area contributed by atoms with E-state index in [2.05, 4.69) is 15.9 Å². The summed E-state index contributed by atoms with van der Waals surface area (Å²) in [5.41, 5.74) is 0. The lowest BCUT2D eigenvalue weighted by Gasteiger charge is -2.20. The Morgan fingerprint density at radius 1 is 0.700 bits per heavy atom. The lowest BCUT2D eigenvalue weighted by atomic mass is 9.86. The van der Waals surface area contributed by atoms with E-state index in [0.29, 0.717) is 6.61 Å². The lowest BCUT2D eigenvalue weighted by Crippen LogP contribution is -2.06. The van der Waals surface area contributed by atoms with Crippen LogP contribution in [0.1, 0.15) is 89.9 Å². The van der Waals surface area contributed by atoms with Crippen LogP contribution >= 0.6 is 15.9 Å². The fourth-order valence-corrected chi connectivity index (χ4v) is 4.02. The fraction of sp³-hybridized carbons (Fsp3) is 1.00. The summed E-state index contributed by atoms with van der Waals surface area (Å²) < 4.78 is 0. The molecule has 0 heterocycles. The van der Waals surface area contributed by atoms with E-state index in [1.54, 1.807) is 0 Å². The molecule has 0 radical (unpaired) electrons. The number of alkyl halides is 1. The summed E-state index contributed by atoms with van der Waals surface area (Å²) >= 11 is 3.48. The van der Waals surface area contributed by atoms with Crippen molar-refractivity contribution < 1.29 is 5.11 Å². The predicted octanol–water partition coefficient (Wildman–Crippen LogP) is 6.08. The molecule has 0 aromatic rings. The van der Waals surface area contributed by atoms with E-state index in [1.165, 1.54) is 88.8 Å². The summed E-state index contributed by atoms with van der Waals surface area (Å²) in [4.78, 5) is 0. The second kappa shape index (κ2) is 13.1. The monoisotopic (exact) mass is 346 g/mol. The maximum atomic E-state index is 8.60. The maximum Gasteiger partial charge on any atom is 0.0431 e. The zero-order chi connectivity index (χ0) is 14.5. The zero-order valence-electron chi connectivity index (χ0n) is 13.3. The van der Waals surface area contributed by atoms with Crippen LogP contribution in [0.5, 0.6) is 0 Å². The van der Waals surface area contributed by atoms with Gasteiger partial charge in [-0.05, 0) is 37.5 Å². The molecule has 0 saturated heterocycles. The number of hydrogen-bond acceptors (Lipinski definition) is 1. The molecule has 120 valence electrons. The molecule has 0 aromatic heterocycles. The highest BCUT2D eigenvalue weighted by Crippen LogP contribution is 2.27. The highest BCUT2D eigenvalue weighted by atomic mass is 79.9. The van der Waals surface area contributed by atoms with Gasteiger partial charge in [-0.1, -0.05) is 80.1 Å². The Labute approximate surface area is 135 Å². The van der Waals surface area contributed by atoms with Gasteiger partial charge in [0.25, 0.3) is 0 Å². The van der Waals surface area contributed by atoms with Crippen molar-refractivity contribution in [1.29, 1.82) is 0 Å². The molecule has 0 aliphatic heterocycles. The van der Waals surface area contributed by atoms with Crippen molar-refractivity contribution in [2.45, 2.75) is 89.9 Å². The van der Waals surface area contributed by atoms with Crippen molar-refractivity contribution in [2.75, 3.05) is 11.9 Å². The molecule has 2 heteroatoms. The van der Waals surface area contributed by atoms with E-state index < -0.39 is 0 Å². The summed E-state index contributed by atoms with van der Waals surface area (Å²) in [6.07, 6.45) is 19.7. The molecule has 2 aliphatic carbocycles. The normalized spacial score (nSPS) is 21.3. The molecule has 0 atom stereocenters. The number of aliphatic hydroxyl groups excluding tert-OH is 1. The summed E-state index contributed by atoms with van der Waals surface area (Å²) in [6.45, 7) is 0.385. The minimum Gasteiger partial charge on any atom is -0.396 e. The van der Waals surface area contributed by atoms with E-state index >= 15 is 0 Å². The van der Waals surface area contributed by atoms with Gasteiger partial charge in [-0.25, -0.2) is 0 Å². The summed E-state index contributed by atoms with van der Waals surface area (Å²) in [5.74, 6) is 2.02. The van der Waals surface area contributed by atoms with Crippen molar-refractivity contribution in [3.05, 3.63) is 0 Å². The van der Waals surface area contributed by atoms with E-state index in [-0.39, 0.29) is 0 Å². The third-order valence-corrected chi connectivity index (χ3v) is 5.53. The predicted molar refractivity (Wildman–Crippen MR) is 92.5 cm³/mol. The van der Waals surface area contributed by atoms with Gasteiger partial charge in [-0.3, -0.25) is 0 Å². The topological polar surface area (TPSA) is 20.2 Å². The van der Waals surface area contributed by atoms with Crippen LogP contribution in [0.3, 0.4) is 0 Å². The van der Waals surface area contributed by atoms with Crippen molar-refractivity contribution in [3.8, 4) is 0 Å². The molecular weight excluding hydrogens is 312 g/mol. The Bertz CT molecular complexity index is 174. The van der Waals surface area contributed by atoms with Gasteiger partial charge in [0.15, 0.2) is 0 Å². The van der Waals surface area contributed by atoms with Crippen LogP contribution in [0.4, 0.5) is 0 Å². The largest absolute Gasteiger partial charge is 0.396 e. The molecule has 0 amide bonds. The molecule has 2 fully saturated rings. The van der Waals surface area contributed by atoms with Gasteiger partial charge in [-0.15, -0.1) is 0 Å². The molecule has 20 heavy (non-hydrogen) atoms. The summed E-state index contributed by atoms with van der Waals surface area (Å²) in [7, 11) is 0. The van der Waals surface area contributed by atoms with Crippen LogP contribution in [0.2, 0.25) is 0 Å². The molecule has 0 bridgehead atoms. The first-order chi connectivity index (χ1) is 9.86. The van der Waals surface area contributed by atoms with Gasteiger partial charge in [0.2, 0.25) is 0 Å². The molecule has 1 N–H and O–H groups in total. The van der Waals surface area contributed by atoms with E-state index in [1.807, 2.05) is 0 Å². The van der Waals surface area contributed by atoms with Crippen molar-refractivity contribution >= 4 is 15.9 Å². The summed E-state index contributed by atoms with van der Waals surface area (Å²) in [5, 5.41) is 9.79. The van der Waals surface area contributed by atoms with Crippen LogP contribution in [0.15, 0.2) is 0 Å². The van der Waals surface area contributed by atoms with Crippen LogP contribution in [0.25, 0.3) is 0 Å². The second-order valence-electron chi connectivity index (χ2n) is 6.71. The molecule has 2 saturated carbocycles. The van der Waals surface area contributed by atoms with E-state index in [9.17, 15) is 0 Å². The number of aliphatic hydroxyl groups is 1. The number of halogens is 1. The number of hydrogen-bond donors (Lipinski definition) is 1. The van der Waals surface area contributed by atoms with E-state index in [0.717, 1.165) is 18.3 Å². The molecule has 0 spiro atoms. The standard InChI is InChI=1S/C9H17Br.C9H18O/c2*10-8-4-7-9-5-2-1-3-6-9/h9H,1-8H2;9-10H,1-8H2. The van der Waals surface area contributed by atoms with Crippen LogP contribution in [-0.2, 0) is 0 Å². The second-order valence-corrected chi connectivity index (χ2v) is 7.50. The van der Waals surface area contributed by atoms with Crippen LogP contribution in [-0.4, -0.2) is 17.0 Å². The smallest absolute Gasteiger partial charge is 0.0431 e. The molecule has 1 nitrogen and oxygen atoms in total. The summed E-state index contributed by atoms with van der Waals surface area (Å²) in [6, 6.07) is 0. The first-order valence-electron chi connectivity index (χ1n) is 9.03. The SMILES string of the molecule is BrCCCC1CCCCC1.OCCCC1CCCCC1. The van der Waals surface area contributed by atoms with Crippen LogP contribution < -0.4 is 0 Å². The molecule has 2 rings (SSSR count). The maximum absolute atomic E-state index is 8.60. The van der Waals surface area contributed by atoms with Crippen molar-refractivity contribution in [3.63, 3.8) is 0 Å². The molecule has 0 aromatic carbocycles. The Kier molecular flexibility index (Phi) is 12.1. The minimum atomic E-state index is 0.385. The number of rotatable bonds is 6. The minimum absolute atomic E-state index is 0.385. The molecule has 2 aliphatic rings. The van der Waals surface area contributed by atoms with Gasteiger partial charge < -0.3 is 5.11 Å². The highest BCUT2D eigenvalue weighted by Gasteiger charge is 2.12. The molecule has 0 unspecified atom stereocenters. The lowest BCUT2D eigenvalue weighted by molar-refractivity contribution is 0.253. The third kappa shape index (κ3) is 9.39.